The number of carboxylic acids is 2. The summed E-state index contributed by atoms with van der Waals surface area (Å²) in [6.45, 7) is 0.467. The number of hydrogen-bond donors (Lipinski definition) is 4. The molecule has 3 aliphatic heterocycles. The third-order valence-electron chi connectivity index (χ3n) is 5.12. The van der Waals surface area contributed by atoms with Gasteiger partial charge in [-0.3, -0.25) is 14.5 Å². The zero-order chi connectivity index (χ0) is 25.4. The first-order valence-corrected chi connectivity index (χ1v) is 10.7. The number of nitrogens with two attached hydrogens (primary N) is 1. The van der Waals surface area contributed by atoms with Crippen LogP contribution < -0.4 is 10.6 Å². The fourth-order valence-corrected chi connectivity index (χ4v) is 4.74. The Bertz CT molecular complexity index is 1100. The van der Waals surface area contributed by atoms with E-state index >= 15 is 0 Å². The predicted molar refractivity (Wildman–Crippen MR) is 113 cm³/mol. The zero-order valence-corrected chi connectivity index (χ0v) is 18.0. The summed E-state index contributed by atoms with van der Waals surface area (Å²) in [4.78, 5) is 48.1. The van der Waals surface area contributed by atoms with E-state index in [0.29, 0.717) is 35.6 Å². The van der Waals surface area contributed by atoms with Crippen molar-refractivity contribution in [1.82, 2.24) is 4.90 Å². The summed E-state index contributed by atoms with van der Waals surface area (Å²) in [5, 5.41) is 25.7. The summed E-state index contributed by atoms with van der Waals surface area (Å²) in [7, 11) is 0. The molecule has 0 bridgehead atoms. The Morgan fingerprint density at radius 2 is 1.74 bits per heavy atom. The van der Waals surface area contributed by atoms with Gasteiger partial charge in [0.1, 0.15) is 22.9 Å². The van der Waals surface area contributed by atoms with Gasteiger partial charge in [0, 0.05) is 23.6 Å². The number of thioether (sulfide) groups is 1. The van der Waals surface area contributed by atoms with E-state index in [-0.39, 0.29) is 22.7 Å². The smallest absolute Gasteiger partial charge is 0.490 e. The van der Waals surface area contributed by atoms with E-state index in [4.69, 9.17) is 15.6 Å². The van der Waals surface area contributed by atoms with Crippen LogP contribution in [0.25, 0.3) is 0 Å². The number of amides is 2. The summed E-state index contributed by atoms with van der Waals surface area (Å²) in [6.07, 6.45) is -3.02. The number of benzene rings is 1. The van der Waals surface area contributed by atoms with Crippen LogP contribution in [0.15, 0.2) is 47.2 Å². The van der Waals surface area contributed by atoms with Crippen LogP contribution in [0.5, 0.6) is 5.75 Å². The van der Waals surface area contributed by atoms with E-state index in [1.807, 2.05) is 0 Å². The molecular formula is C20H18F3N3O7S. The molecule has 34 heavy (non-hydrogen) atoms. The third kappa shape index (κ3) is 4.87. The van der Waals surface area contributed by atoms with Gasteiger partial charge < -0.3 is 26.0 Å². The topological polar surface area (TPSA) is 161 Å². The van der Waals surface area contributed by atoms with Crippen molar-refractivity contribution in [2.75, 3.05) is 17.2 Å². The number of carbonyl (C=O) groups is 4. The first-order chi connectivity index (χ1) is 15.8. The van der Waals surface area contributed by atoms with Crippen LogP contribution in [0.1, 0.15) is 6.42 Å². The molecule has 1 aromatic carbocycles. The number of β-lactam (4-membered cyclic amide) rings is 1. The van der Waals surface area contributed by atoms with E-state index < -0.39 is 30.1 Å². The van der Waals surface area contributed by atoms with Crippen LogP contribution in [0.2, 0.25) is 0 Å². The molecule has 0 unspecified atom stereocenters. The number of nitrogens with zero attached hydrogens (tertiary/aromatic N) is 2. The van der Waals surface area contributed by atoms with Crippen LogP contribution in [0.3, 0.4) is 0 Å². The second kappa shape index (κ2) is 9.38. The number of phenolic OH excluding ortho intramolecular Hbond substituents is 1. The Morgan fingerprint density at radius 1 is 1.15 bits per heavy atom. The zero-order valence-electron chi connectivity index (χ0n) is 17.2. The minimum atomic E-state index is -5.08. The van der Waals surface area contributed by atoms with E-state index in [9.17, 15) is 37.8 Å². The Labute approximate surface area is 194 Å². The van der Waals surface area contributed by atoms with Crippen molar-refractivity contribution in [3.8, 4) is 5.75 Å². The lowest BCUT2D eigenvalue weighted by Gasteiger charge is -2.47. The van der Waals surface area contributed by atoms with Crippen molar-refractivity contribution in [2.24, 2.45) is 5.73 Å². The van der Waals surface area contributed by atoms with Crippen molar-refractivity contribution in [3.63, 3.8) is 0 Å². The fourth-order valence-electron chi connectivity index (χ4n) is 3.49. The highest BCUT2D eigenvalue weighted by Gasteiger charge is 2.51. The molecule has 0 radical (unpaired) electrons. The molecule has 1 aromatic rings. The largest absolute Gasteiger partial charge is 0.508 e. The summed E-state index contributed by atoms with van der Waals surface area (Å²) in [5.74, 6) is -4.09. The van der Waals surface area contributed by atoms with Crippen molar-refractivity contribution < 1.29 is 47.7 Å². The van der Waals surface area contributed by atoms with E-state index in [1.165, 1.54) is 28.8 Å². The molecule has 2 amide bonds. The number of alkyl halides is 3. The fraction of sp³-hybridized carbons (Fsp3) is 0.300. The summed E-state index contributed by atoms with van der Waals surface area (Å²) < 4.78 is 31.7. The number of hydrogen-bond acceptors (Lipinski definition) is 7. The number of fused-ring (bicyclic) bond motifs is 1. The van der Waals surface area contributed by atoms with Crippen LogP contribution in [-0.4, -0.2) is 73.9 Å². The van der Waals surface area contributed by atoms with Crippen LogP contribution in [-0.2, 0) is 19.2 Å². The number of carboxylic acid groups (broad SMARTS) is 2. The van der Waals surface area contributed by atoms with Gasteiger partial charge in [0.05, 0.1) is 0 Å². The molecule has 0 aromatic heterocycles. The lowest BCUT2D eigenvalue weighted by atomic mass is 10.0. The molecule has 10 nitrogen and oxygen atoms in total. The number of phenols is 1. The number of aromatic hydroxyl groups is 1. The Hall–Kier alpha value is -3.52. The predicted octanol–water partition coefficient (Wildman–Crippen LogP) is 1.27. The first-order valence-electron chi connectivity index (χ1n) is 9.61. The molecule has 0 saturated carbocycles. The summed E-state index contributed by atoms with van der Waals surface area (Å²) >= 11 is 1.40. The maximum absolute atomic E-state index is 12.7. The number of aliphatic carboxylic acids is 2. The van der Waals surface area contributed by atoms with Gasteiger partial charge in [-0.2, -0.15) is 13.2 Å². The quantitative estimate of drug-likeness (QED) is 0.353. The highest BCUT2D eigenvalue weighted by molar-refractivity contribution is 8.00. The van der Waals surface area contributed by atoms with Gasteiger partial charge in [0.25, 0.3) is 5.91 Å². The van der Waals surface area contributed by atoms with E-state index in [0.717, 1.165) is 0 Å². The van der Waals surface area contributed by atoms with Gasteiger partial charge in [0.15, 0.2) is 0 Å². The number of allylic oxidation sites excluding steroid dienone is 1. The molecule has 0 spiro atoms. The molecule has 0 aliphatic carbocycles. The van der Waals surface area contributed by atoms with Gasteiger partial charge in [-0.05, 0) is 42.3 Å². The second-order valence-corrected chi connectivity index (χ2v) is 8.42. The van der Waals surface area contributed by atoms with Crippen molar-refractivity contribution >= 4 is 41.2 Å². The van der Waals surface area contributed by atoms with Gasteiger partial charge in [-0.1, -0.05) is 0 Å². The Kier molecular flexibility index (Phi) is 6.93. The van der Waals surface area contributed by atoms with Crippen molar-refractivity contribution in [3.05, 3.63) is 47.2 Å². The average molecular weight is 501 g/mol. The van der Waals surface area contributed by atoms with Gasteiger partial charge in [0.2, 0.25) is 5.91 Å². The molecule has 2 atom stereocenters. The summed E-state index contributed by atoms with van der Waals surface area (Å²) in [5.41, 5.74) is 7.25. The number of anilines is 1. The molecular weight excluding hydrogens is 483 g/mol. The second-order valence-electron chi connectivity index (χ2n) is 7.31. The molecule has 3 aliphatic rings. The van der Waals surface area contributed by atoms with Gasteiger partial charge >= 0.3 is 18.1 Å². The number of rotatable bonds is 3. The molecule has 3 heterocycles. The standard InChI is InChI=1S/C18H17N3O5S.C2HF3O2/c19-13-16(24)21-14(18(25)26)10(8-27-17(13)21)7-9-5-6-20(15(9)23)11-1-3-12(22)4-2-11;3-2(4,5)1(6)7/h1-4,7,13,17,22H,5-6,8,19H2,(H,25,26);(H,6,7)/b9-7+;/t13-,17-;/m1./s1. The highest BCUT2D eigenvalue weighted by atomic mass is 32.2. The van der Waals surface area contributed by atoms with Crippen molar-refractivity contribution in [2.45, 2.75) is 24.0 Å². The number of carbonyl (C=O) groups excluding carboxylic acids is 2. The lowest BCUT2D eigenvalue weighted by molar-refractivity contribution is -0.192. The maximum atomic E-state index is 12.7. The van der Waals surface area contributed by atoms with Crippen molar-refractivity contribution in [1.29, 1.82) is 0 Å². The highest BCUT2D eigenvalue weighted by Crippen LogP contribution is 2.40. The lowest BCUT2D eigenvalue weighted by Crippen LogP contribution is -2.68. The first kappa shape index (κ1) is 25.1. The van der Waals surface area contributed by atoms with Gasteiger partial charge in [-0.25, -0.2) is 9.59 Å². The minimum absolute atomic E-state index is 0.0890. The molecule has 14 heteroatoms. The maximum Gasteiger partial charge on any atom is 0.490 e. The monoisotopic (exact) mass is 501 g/mol. The number of halogens is 3. The molecule has 182 valence electrons. The molecule has 4 rings (SSSR count). The van der Waals surface area contributed by atoms with Gasteiger partial charge in [-0.15, -0.1) is 11.8 Å². The molecule has 2 saturated heterocycles. The molecule has 2 fully saturated rings. The SMILES string of the molecule is N[C@@H]1C(=O)N2C(C(=O)O)=C(/C=C3\CCN(c4ccc(O)cc4)C3=O)CS[C@H]12.O=C(O)C(F)(F)F. The third-order valence-corrected chi connectivity index (χ3v) is 6.44. The minimum Gasteiger partial charge on any atom is -0.508 e. The summed E-state index contributed by atoms with van der Waals surface area (Å²) in [6, 6.07) is 5.63. The normalized spacial score (nSPS) is 23.4. The average Bonchev–Trinajstić information content (AvgIpc) is 3.13. The van der Waals surface area contributed by atoms with Crippen LogP contribution in [0.4, 0.5) is 18.9 Å². The molecule has 5 N–H and O–H groups in total. The van der Waals surface area contributed by atoms with E-state index in [2.05, 4.69) is 0 Å². The van der Waals surface area contributed by atoms with E-state index in [1.54, 1.807) is 23.1 Å². The Balaban J connectivity index is 0.000000406. The van der Waals surface area contributed by atoms with Crippen LogP contribution in [0, 0.1) is 0 Å². The van der Waals surface area contributed by atoms with Crippen LogP contribution >= 0.6 is 11.8 Å². The Morgan fingerprint density at radius 3 is 2.26 bits per heavy atom.